The second-order valence-corrected chi connectivity index (χ2v) is 33.1. The molecule has 0 bridgehead atoms. The number of hydrogen-bond acceptors (Lipinski definition) is 9. The fourth-order valence-electron chi connectivity index (χ4n) is 8.52. The minimum Gasteiger partial charge on any atom is -0.414 e. The van der Waals surface area contributed by atoms with E-state index in [0.29, 0.717) is 37.2 Å². The zero-order chi connectivity index (χ0) is 45.0. The van der Waals surface area contributed by atoms with Crippen LogP contribution >= 0.6 is 0 Å². The number of ether oxygens (including phenoxy) is 5. The summed E-state index contributed by atoms with van der Waals surface area (Å²) in [7, 11) is -7.86. The van der Waals surface area contributed by atoms with Crippen molar-refractivity contribution in [2.24, 2.45) is 5.92 Å². The van der Waals surface area contributed by atoms with Crippen LogP contribution in [0.15, 0.2) is 65.6 Å². The Hall–Kier alpha value is -1.46. The monoisotopic (exact) mass is 903 g/mol. The third-order valence-electron chi connectivity index (χ3n) is 14.6. The Kier molecular flexibility index (Phi) is 17.2. The molecule has 346 valence electrons. The molecular weight excluding hydrogens is 821 g/mol. The summed E-state index contributed by atoms with van der Waals surface area (Å²) < 4.78 is 74.1. The molecule has 4 fully saturated rings. The Morgan fingerprint density at radius 1 is 0.787 bits per heavy atom. The number of benzene rings is 1. The fourth-order valence-corrected chi connectivity index (χ4v) is 12.6. The molecule has 8 atom stereocenters. The van der Waals surface area contributed by atoms with Crippen LogP contribution in [0.25, 0.3) is 0 Å². The van der Waals surface area contributed by atoms with Gasteiger partial charge in [-0.2, -0.15) is 0 Å². The Morgan fingerprint density at radius 3 is 2.02 bits per heavy atom. The lowest BCUT2D eigenvalue weighted by molar-refractivity contribution is -0.184. The number of sulfone groups is 1. The third-order valence-corrected chi connectivity index (χ3v) is 25.5. The number of hydrogen-bond donors (Lipinski definition) is 0. The van der Waals surface area contributed by atoms with Gasteiger partial charge in [0.25, 0.3) is 0 Å². The average Bonchev–Trinajstić information content (AvgIpc) is 3.73. The van der Waals surface area contributed by atoms with Crippen molar-refractivity contribution in [1.82, 2.24) is 0 Å². The van der Waals surface area contributed by atoms with Crippen LogP contribution in [0.1, 0.15) is 118 Å². The van der Waals surface area contributed by atoms with E-state index in [4.69, 9.17) is 32.5 Å². The van der Waals surface area contributed by atoms with Crippen LogP contribution in [-0.4, -0.2) is 99.6 Å². The first-order chi connectivity index (χ1) is 28.4. The van der Waals surface area contributed by atoms with Gasteiger partial charge < -0.3 is 32.5 Å². The van der Waals surface area contributed by atoms with Gasteiger partial charge in [-0.3, -0.25) is 0 Å². The molecule has 0 saturated carbocycles. The Balaban J connectivity index is 1.30. The van der Waals surface area contributed by atoms with E-state index in [1.54, 1.807) is 12.1 Å². The van der Waals surface area contributed by atoms with Gasteiger partial charge in [0, 0.05) is 25.2 Å². The molecule has 4 aliphatic rings. The Bertz CT molecular complexity index is 1740. The minimum atomic E-state index is -3.60. The molecular formula is C49H82O9SSi2. The largest absolute Gasteiger partial charge is 0.414 e. The first kappa shape index (κ1) is 50.5. The summed E-state index contributed by atoms with van der Waals surface area (Å²) in [5.41, 5.74) is 4.10. The number of aryl methyl sites for hydroxylation is 1. The summed E-state index contributed by atoms with van der Waals surface area (Å²) in [5.74, 6) is -0.240. The molecule has 1 unspecified atom stereocenters. The van der Waals surface area contributed by atoms with Gasteiger partial charge in [-0.1, -0.05) is 80.3 Å². The molecule has 4 aliphatic heterocycles. The van der Waals surface area contributed by atoms with Crippen LogP contribution in [0, 0.1) is 5.92 Å². The lowest BCUT2D eigenvalue weighted by Gasteiger charge is -2.42. The van der Waals surface area contributed by atoms with E-state index in [1.807, 2.05) is 12.1 Å². The highest BCUT2D eigenvalue weighted by Crippen LogP contribution is 2.43. The van der Waals surface area contributed by atoms with Crippen molar-refractivity contribution in [3.8, 4) is 0 Å². The molecule has 61 heavy (non-hydrogen) atoms. The zero-order valence-corrected chi connectivity index (χ0v) is 42.6. The van der Waals surface area contributed by atoms with Gasteiger partial charge in [-0.05, 0) is 122 Å². The summed E-state index contributed by atoms with van der Waals surface area (Å²) in [6.45, 7) is 40.0. The van der Waals surface area contributed by atoms with Crippen LogP contribution < -0.4 is 0 Å². The van der Waals surface area contributed by atoms with Crippen molar-refractivity contribution in [3.63, 3.8) is 0 Å². The zero-order valence-electron chi connectivity index (χ0n) is 39.8. The maximum Gasteiger partial charge on any atom is 0.192 e. The molecule has 1 aromatic carbocycles. The van der Waals surface area contributed by atoms with Gasteiger partial charge in [-0.15, -0.1) is 0 Å². The Morgan fingerprint density at radius 2 is 1.39 bits per heavy atom. The maximum atomic E-state index is 14.1. The molecule has 0 aromatic heterocycles. The molecule has 5 rings (SSSR count). The second kappa shape index (κ2) is 20.8. The van der Waals surface area contributed by atoms with E-state index in [0.717, 1.165) is 80.4 Å². The van der Waals surface area contributed by atoms with Gasteiger partial charge in [-0.25, -0.2) is 8.42 Å². The molecule has 0 radical (unpaired) electrons. The highest BCUT2D eigenvalue weighted by atomic mass is 32.2. The van der Waals surface area contributed by atoms with Gasteiger partial charge in [0.2, 0.25) is 0 Å². The molecule has 4 heterocycles. The van der Waals surface area contributed by atoms with E-state index in [2.05, 4.69) is 94.4 Å². The highest BCUT2D eigenvalue weighted by molar-refractivity contribution is 7.91. The topological polar surface area (TPSA) is 98.8 Å². The van der Waals surface area contributed by atoms with E-state index in [-0.39, 0.29) is 70.8 Å². The quantitative estimate of drug-likeness (QED) is 0.0993. The maximum absolute atomic E-state index is 14.1. The van der Waals surface area contributed by atoms with Gasteiger partial charge in [0.15, 0.2) is 32.8 Å². The van der Waals surface area contributed by atoms with Crippen molar-refractivity contribution in [2.75, 3.05) is 25.6 Å². The number of rotatable bonds is 19. The lowest BCUT2D eigenvalue weighted by Crippen LogP contribution is -2.48. The van der Waals surface area contributed by atoms with Crippen molar-refractivity contribution in [3.05, 3.63) is 66.3 Å². The van der Waals surface area contributed by atoms with E-state index >= 15 is 0 Å². The van der Waals surface area contributed by atoms with Crippen LogP contribution in [-0.2, 0) is 48.8 Å². The van der Waals surface area contributed by atoms with Gasteiger partial charge in [0.1, 0.15) is 0 Å². The smallest absolute Gasteiger partial charge is 0.192 e. The average molecular weight is 903 g/mol. The molecule has 0 aliphatic carbocycles. The fraction of sp³-hybridized carbons (Fsp3) is 0.755. The van der Waals surface area contributed by atoms with Crippen molar-refractivity contribution < 1.29 is 41.0 Å². The molecule has 12 heteroatoms. The van der Waals surface area contributed by atoms with Crippen LogP contribution in [0.3, 0.4) is 0 Å². The first-order valence-electron chi connectivity index (χ1n) is 23.2. The van der Waals surface area contributed by atoms with Gasteiger partial charge >= 0.3 is 0 Å². The molecule has 0 amide bonds. The Labute approximate surface area is 372 Å². The lowest BCUT2D eigenvalue weighted by atomic mass is 9.87. The third kappa shape index (κ3) is 13.8. The predicted octanol–water partition coefficient (Wildman–Crippen LogP) is 11.3. The minimum absolute atomic E-state index is 0.00126. The SMILES string of the molecule is C=C1C[C@H](CC[C@@H]2O[C@@H](CCC3OCCCO3)CC2=C)O[C@H](C[C@@H]2O[C@H](CC(CO[Si](C)(C)C(C)(C)C)O[Si](C)(C)C(C)(C)C)C[C@H]2CS(=O)(=O)c2ccc(CC)cc2)C1=C. The predicted molar refractivity (Wildman–Crippen MR) is 252 cm³/mol. The van der Waals surface area contributed by atoms with Crippen molar-refractivity contribution >= 4 is 26.5 Å². The normalized spacial score (nSPS) is 28.2. The van der Waals surface area contributed by atoms with Crippen molar-refractivity contribution in [2.45, 2.75) is 209 Å². The van der Waals surface area contributed by atoms with Crippen LogP contribution in [0.4, 0.5) is 0 Å². The summed E-state index contributed by atoms with van der Waals surface area (Å²) in [4.78, 5) is 0.356. The van der Waals surface area contributed by atoms with E-state index < -0.39 is 26.5 Å². The summed E-state index contributed by atoms with van der Waals surface area (Å²) in [6, 6.07) is 7.34. The first-order valence-corrected chi connectivity index (χ1v) is 30.7. The molecule has 9 nitrogen and oxygen atoms in total. The summed E-state index contributed by atoms with van der Waals surface area (Å²) >= 11 is 0. The van der Waals surface area contributed by atoms with E-state index in [1.165, 1.54) is 0 Å². The van der Waals surface area contributed by atoms with Crippen LogP contribution in [0.5, 0.6) is 0 Å². The summed E-state index contributed by atoms with van der Waals surface area (Å²) in [5, 5.41) is 0.0733. The van der Waals surface area contributed by atoms with Crippen molar-refractivity contribution in [1.29, 1.82) is 0 Å². The van der Waals surface area contributed by atoms with E-state index in [9.17, 15) is 8.42 Å². The standard InChI is InChI=1S/C49H82O9SSi2/c1-15-37-17-21-43(22-18-37)59(50,51)33-38-29-41(30-42(58-61(13,14)49(8,9)10)32-54-60(11,12)48(5,6)7)57-46(38)31-45-36(4)34(2)27-39(56-45)19-23-44-35(3)28-40(55-44)20-24-47-52-25-16-26-53-47/h17-18,21-22,38-42,44-47H,2-4,15-16,19-20,23-33H2,1,5-14H3/t38-,39-,40-,41-,42?,44-,45+,46-/m0/s1. The molecule has 0 spiro atoms. The summed E-state index contributed by atoms with van der Waals surface area (Å²) in [6.07, 6.45) is 7.28. The second-order valence-electron chi connectivity index (χ2n) is 21.5. The highest BCUT2D eigenvalue weighted by Gasteiger charge is 2.46. The molecule has 4 saturated heterocycles. The molecule has 0 N–H and O–H groups in total. The van der Waals surface area contributed by atoms with Crippen LogP contribution in [0.2, 0.25) is 36.3 Å². The molecule has 1 aromatic rings. The van der Waals surface area contributed by atoms with Gasteiger partial charge in [0.05, 0.1) is 73.2 Å².